The average Bonchev–Trinajstić information content (AvgIpc) is 3.40. The minimum absolute atomic E-state index is 0.0721. The van der Waals surface area contributed by atoms with E-state index in [1.54, 1.807) is 0 Å². The van der Waals surface area contributed by atoms with Crippen LogP contribution in [0.4, 0.5) is 0 Å². The number of amides is 1. The number of hydrogen-bond acceptors (Lipinski definition) is 2. The van der Waals surface area contributed by atoms with Gasteiger partial charge in [0.2, 0.25) is 5.91 Å². The van der Waals surface area contributed by atoms with Crippen molar-refractivity contribution in [3.63, 3.8) is 0 Å². The zero-order valence-corrected chi connectivity index (χ0v) is 16.5. The van der Waals surface area contributed by atoms with Crippen LogP contribution in [0.5, 0.6) is 0 Å². The quantitative estimate of drug-likeness (QED) is 0.819. The monoisotopic (exact) mass is 353 g/mol. The molecule has 1 saturated heterocycles. The maximum absolute atomic E-state index is 13.1. The summed E-state index contributed by atoms with van der Waals surface area (Å²) in [6.45, 7) is 10.4. The number of aryl methyl sites for hydroxylation is 1. The van der Waals surface area contributed by atoms with Crippen LogP contribution in [0.3, 0.4) is 0 Å². The van der Waals surface area contributed by atoms with Gasteiger partial charge in [0.25, 0.3) is 0 Å². The lowest BCUT2D eigenvalue weighted by molar-refractivity contribution is -0.140. The first kappa shape index (κ1) is 16.8. The van der Waals surface area contributed by atoms with E-state index in [-0.39, 0.29) is 22.3 Å². The van der Waals surface area contributed by atoms with Gasteiger partial charge in [-0.15, -0.1) is 0 Å². The van der Waals surface area contributed by atoms with Crippen LogP contribution in [-0.2, 0) is 14.9 Å². The SMILES string of the molecule is Cc1ccc([C@]23C[C@H]2CN(C(=O)C2CC24CC(OC(C)(C)C)C4)C3)cc1. The van der Waals surface area contributed by atoms with Crippen LogP contribution < -0.4 is 0 Å². The summed E-state index contributed by atoms with van der Waals surface area (Å²) in [6.07, 6.45) is 4.88. The van der Waals surface area contributed by atoms with E-state index >= 15 is 0 Å². The van der Waals surface area contributed by atoms with E-state index in [1.165, 1.54) is 17.5 Å². The minimum atomic E-state index is -0.0721. The number of likely N-dealkylation sites (tertiary alicyclic amines) is 1. The Morgan fingerprint density at radius 3 is 2.46 bits per heavy atom. The van der Waals surface area contributed by atoms with Crippen molar-refractivity contribution in [3.05, 3.63) is 35.4 Å². The Kier molecular flexibility index (Phi) is 3.31. The summed E-state index contributed by atoms with van der Waals surface area (Å²) in [7, 11) is 0. The van der Waals surface area contributed by atoms with E-state index in [4.69, 9.17) is 4.74 Å². The molecular weight excluding hydrogens is 322 g/mol. The smallest absolute Gasteiger partial charge is 0.226 e. The van der Waals surface area contributed by atoms with Crippen LogP contribution in [0, 0.1) is 24.2 Å². The second-order valence-electron chi connectivity index (χ2n) is 10.5. The number of ether oxygens (including phenoxy) is 1. The number of fused-ring (bicyclic) bond motifs is 1. The molecule has 1 heterocycles. The molecule has 3 aliphatic carbocycles. The lowest BCUT2D eigenvalue weighted by Gasteiger charge is -2.40. The number of nitrogens with zero attached hydrogens (tertiary/aromatic N) is 1. The fraction of sp³-hybridized carbons (Fsp3) is 0.696. The van der Waals surface area contributed by atoms with Crippen molar-refractivity contribution in [3.8, 4) is 0 Å². The average molecular weight is 354 g/mol. The molecule has 140 valence electrons. The molecule has 3 atom stereocenters. The van der Waals surface area contributed by atoms with Crippen molar-refractivity contribution < 1.29 is 9.53 Å². The molecule has 4 fully saturated rings. The summed E-state index contributed by atoms with van der Waals surface area (Å²) in [5.41, 5.74) is 3.23. The van der Waals surface area contributed by atoms with Gasteiger partial charge in [0.1, 0.15) is 0 Å². The largest absolute Gasteiger partial charge is 0.373 e. The summed E-state index contributed by atoms with van der Waals surface area (Å²) < 4.78 is 6.09. The third kappa shape index (κ3) is 2.54. The molecule has 1 amide bonds. The van der Waals surface area contributed by atoms with Crippen molar-refractivity contribution in [2.24, 2.45) is 17.3 Å². The number of benzene rings is 1. The summed E-state index contributed by atoms with van der Waals surface area (Å²) in [6, 6.07) is 8.98. The Labute approximate surface area is 157 Å². The molecule has 1 spiro atoms. The minimum Gasteiger partial charge on any atom is -0.373 e. The number of hydrogen-bond donors (Lipinski definition) is 0. The van der Waals surface area contributed by atoms with Gasteiger partial charge in [-0.05, 0) is 70.3 Å². The molecule has 1 aliphatic heterocycles. The molecule has 3 nitrogen and oxygen atoms in total. The molecule has 1 aromatic carbocycles. The molecule has 0 N–H and O–H groups in total. The van der Waals surface area contributed by atoms with Gasteiger partial charge >= 0.3 is 0 Å². The lowest BCUT2D eigenvalue weighted by Crippen LogP contribution is -2.42. The van der Waals surface area contributed by atoms with Gasteiger partial charge in [-0.25, -0.2) is 0 Å². The Morgan fingerprint density at radius 1 is 1.12 bits per heavy atom. The lowest BCUT2D eigenvalue weighted by atomic mass is 9.76. The molecule has 4 aliphatic rings. The molecule has 1 unspecified atom stereocenters. The normalized spacial score (nSPS) is 40.3. The Morgan fingerprint density at radius 2 is 1.81 bits per heavy atom. The number of rotatable bonds is 3. The van der Waals surface area contributed by atoms with Gasteiger partial charge in [0.15, 0.2) is 0 Å². The molecule has 5 rings (SSSR count). The molecular formula is C23H31NO2. The zero-order chi connectivity index (χ0) is 18.3. The predicted octanol–water partition coefficient (Wildman–Crippen LogP) is 4.08. The molecule has 0 bridgehead atoms. The standard InChI is InChI=1S/C23H31NO2/c1-15-5-7-16(8-6-15)23-9-17(23)13-24(14-23)20(25)19-12-22(19)10-18(11-22)26-21(2,3)4/h5-8,17-19H,9-14H2,1-4H3/t17-,18?,19?,22?,23+/m0/s1. The Balaban J connectivity index is 1.20. The van der Waals surface area contributed by atoms with Gasteiger partial charge in [-0.2, -0.15) is 0 Å². The van der Waals surface area contributed by atoms with Crippen LogP contribution in [0.15, 0.2) is 24.3 Å². The second kappa shape index (κ2) is 5.13. The third-order valence-electron chi connectivity index (χ3n) is 7.36. The van der Waals surface area contributed by atoms with Crippen molar-refractivity contribution in [1.82, 2.24) is 4.90 Å². The van der Waals surface area contributed by atoms with Crippen molar-refractivity contribution in [1.29, 1.82) is 0 Å². The maximum atomic E-state index is 13.1. The van der Waals surface area contributed by atoms with E-state index in [0.717, 1.165) is 32.4 Å². The summed E-state index contributed by atoms with van der Waals surface area (Å²) in [5, 5.41) is 0. The van der Waals surface area contributed by atoms with Crippen LogP contribution in [0.25, 0.3) is 0 Å². The summed E-state index contributed by atoms with van der Waals surface area (Å²) in [4.78, 5) is 15.3. The van der Waals surface area contributed by atoms with Crippen LogP contribution in [-0.4, -0.2) is 35.6 Å². The van der Waals surface area contributed by atoms with Gasteiger partial charge in [0, 0.05) is 24.4 Å². The zero-order valence-electron chi connectivity index (χ0n) is 16.5. The Bertz CT molecular complexity index is 740. The fourth-order valence-electron chi connectivity index (χ4n) is 5.78. The predicted molar refractivity (Wildman–Crippen MR) is 102 cm³/mol. The van der Waals surface area contributed by atoms with Crippen molar-refractivity contribution >= 4 is 5.91 Å². The van der Waals surface area contributed by atoms with Gasteiger partial charge in [0.05, 0.1) is 11.7 Å². The topological polar surface area (TPSA) is 29.5 Å². The van der Waals surface area contributed by atoms with E-state index in [1.807, 2.05) is 0 Å². The molecule has 3 heteroatoms. The highest BCUT2D eigenvalue weighted by Crippen LogP contribution is 2.68. The molecule has 3 saturated carbocycles. The van der Waals surface area contributed by atoms with Gasteiger partial charge < -0.3 is 9.64 Å². The number of carbonyl (C=O) groups excluding carboxylic acids is 1. The van der Waals surface area contributed by atoms with Crippen LogP contribution in [0.1, 0.15) is 57.6 Å². The van der Waals surface area contributed by atoms with E-state index in [2.05, 4.69) is 56.9 Å². The summed E-state index contributed by atoms with van der Waals surface area (Å²) >= 11 is 0. The summed E-state index contributed by atoms with van der Waals surface area (Å²) in [5.74, 6) is 1.38. The van der Waals surface area contributed by atoms with Crippen molar-refractivity contribution in [2.75, 3.05) is 13.1 Å². The number of carbonyl (C=O) groups is 1. The highest BCUT2D eigenvalue weighted by Gasteiger charge is 2.68. The maximum Gasteiger partial charge on any atom is 0.226 e. The highest BCUT2D eigenvalue weighted by atomic mass is 16.5. The van der Waals surface area contributed by atoms with E-state index < -0.39 is 0 Å². The van der Waals surface area contributed by atoms with Crippen LogP contribution >= 0.6 is 0 Å². The fourth-order valence-corrected chi connectivity index (χ4v) is 5.78. The molecule has 0 aromatic heterocycles. The first-order chi connectivity index (χ1) is 12.2. The number of piperidine rings is 1. The molecule has 26 heavy (non-hydrogen) atoms. The van der Waals surface area contributed by atoms with Gasteiger partial charge in [-0.1, -0.05) is 29.8 Å². The van der Waals surface area contributed by atoms with Crippen molar-refractivity contribution in [2.45, 2.75) is 70.5 Å². The second-order valence-corrected chi connectivity index (χ2v) is 10.5. The van der Waals surface area contributed by atoms with Gasteiger partial charge in [-0.3, -0.25) is 4.79 Å². The molecule has 0 radical (unpaired) electrons. The first-order valence-corrected chi connectivity index (χ1v) is 10.2. The van der Waals surface area contributed by atoms with E-state index in [9.17, 15) is 4.79 Å². The highest BCUT2D eigenvalue weighted by molar-refractivity contribution is 5.84. The Hall–Kier alpha value is -1.35. The molecule has 1 aromatic rings. The van der Waals surface area contributed by atoms with E-state index in [0.29, 0.717) is 17.9 Å². The van der Waals surface area contributed by atoms with Crippen LogP contribution in [0.2, 0.25) is 0 Å². The third-order valence-corrected chi connectivity index (χ3v) is 7.36. The first-order valence-electron chi connectivity index (χ1n) is 10.2.